The maximum absolute atomic E-state index is 13.4. The molecule has 0 spiro atoms. The minimum Gasteiger partial charge on any atom is -0.493 e. The van der Waals surface area contributed by atoms with E-state index in [1.807, 2.05) is 6.07 Å². The van der Waals surface area contributed by atoms with Crippen LogP contribution in [0.5, 0.6) is 11.5 Å². The molecule has 0 radical (unpaired) electrons. The smallest absolute Gasteiger partial charge is 0.222 e. The number of methoxy groups -OCH3 is 1. The van der Waals surface area contributed by atoms with Gasteiger partial charge in [-0.15, -0.1) is 0 Å². The van der Waals surface area contributed by atoms with E-state index in [-0.39, 0.29) is 35.4 Å². The van der Waals surface area contributed by atoms with Crippen LogP contribution in [0.1, 0.15) is 11.1 Å². The van der Waals surface area contributed by atoms with Gasteiger partial charge in [-0.25, -0.2) is 9.37 Å². The summed E-state index contributed by atoms with van der Waals surface area (Å²) in [6, 6.07) is 13.2. The quantitative estimate of drug-likeness (QED) is 0.713. The number of halogens is 1. The number of rotatable bonds is 5. The van der Waals surface area contributed by atoms with Crippen LogP contribution in [0.15, 0.2) is 42.5 Å². The molecular weight excluding hydrogens is 349 g/mol. The molecule has 2 aromatic carbocycles. The van der Waals surface area contributed by atoms with E-state index in [1.54, 1.807) is 30.3 Å². The molecule has 0 bridgehead atoms. The third kappa shape index (κ3) is 3.72. The molecule has 0 aliphatic rings. The number of nitrogen functional groups attached to an aromatic ring is 2. The van der Waals surface area contributed by atoms with Crippen LogP contribution in [0.4, 0.5) is 16.2 Å². The molecule has 0 unspecified atom stereocenters. The van der Waals surface area contributed by atoms with Gasteiger partial charge in [0.1, 0.15) is 29.9 Å². The number of ether oxygens (including phenoxy) is 2. The molecule has 7 nitrogen and oxygen atoms in total. The van der Waals surface area contributed by atoms with Crippen molar-refractivity contribution < 1.29 is 13.9 Å². The Labute approximate surface area is 155 Å². The monoisotopic (exact) mass is 365 g/mol. The molecule has 27 heavy (non-hydrogen) atoms. The number of nitrogens with two attached hydrogens (primary N) is 2. The second kappa shape index (κ2) is 7.58. The highest BCUT2D eigenvalue weighted by Crippen LogP contribution is 2.40. The molecule has 0 saturated carbocycles. The van der Waals surface area contributed by atoms with Gasteiger partial charge in [0.25, 0.3) is 0 Å². The van der Waals surface area contributed by atoms with E-state index in [2.05, 4.69) is 9.97 Å². The maximum atomic E-state index is 13.4. The SMILES string of the molecule is COc1cccc(-c2nc(N)nc(N)c2C#N)c1OCc1cccc(F)c1. The molecule has 0 aliphatic carbocycles. The Kier molecular flexibility index (Phi) is 5.04. The van der Waals surface area contributed by atoms with Gasteiger partial charge in [0.05, 0.1) is 12.8 Å². The highest BCUT2D eigenvalue weighted by atomic mass is 19.1. The summed E-state index contributed by atoms with van der Waals surface area (Å²) < 4.78 is 24.7. The summed E-state index contributed by atoms with van der Waals surface area (Å²) in [4.78, 5) is 7.96. The van der Waals surface area contributed by atoms with Gasteiger partial charge in [0.2, 0.25) is 5.95 Å². The third-order valence-electron chi connectivity index (χ3n) is 3.79. The highest BCUT2D eigenvalue weighted by Gasteiger charge is 2.20. The zero-order valence-corrected chi connectivity index (χ0v) is 14.4. The van der Waals surface area contributed by atoms with E-state index < -0.39 is 0 Å². The number of hydrogen-bond donors (Lipinski definition) is 2. The van der Waals surface area contributed by atoms with Gasteiger partial charge in [-0.3, -0.25) is 0 Å². The molecule has 0 aliphatic heterocycles. The van der Waals surface area contributed by atoms with Crippen LogP contribution in [0.3, 0.4) is 0 Å². The highest BCUT2D eigenvalue weighted by molar-refractivity contribution is 5.79. The first-order valence-electron chi connectivity index (χ1n) is 7.91. The predicted molar refractivity (Wildman–Crippen MR) is 98.3 cm³/mol. The fourth-order valence-electron chi connectivity index (χ4n) is 2.60. The lowest BCUT2D eigenvalue weighted by atomic mass is 10.1. The summed E-state index contributed by atoms with van der Waals surface area (Å²) in [7, 11) is 1.49. The fraction of sp³-hybridized carbons (Fsp3) is 0.105. The van der Waals surface area contributed by atoms with Crippen molar-refractivity contribution in [3.8, 4) is 28.8 Å². The molecule has 0 fully saturated rings. The Morgan fingerprint density at radius 2 is 1.93 bits per heavy atom. The molecular formula is C19H16FN5O2. The van der Waals surface area contributed by atoms with Crippen molar-refractivity contribution in [1.82, 2.24) is 9.97 Å². The number of hydrogen-bond acceptors (Lipinski definition) is 7. The van der Waals surface area contributed by atoms with Crippen LogP contribution in [0.25, 0.3) is 11.3 Å². The Balaban J connectivity index is 2.09. The van der Waals surface area contributed by atoms with Gasteiger partial charge in [-0.05, 0) is 29.8 Å². The molecule has 0 saturated heterocycles. The van der Waals surface area contributed by atoms with Crippen molar-refractivity contribution in [1.29, 1.82) is 5.26 Å². The summed E-state index contributed by atoms with van der Waals surface area (Å²) in [5.41, 5.74) is 12.9. The van der Waals surface area contributed by atoms with Gasteiger partial charge in [0.15, 0.2) is 11.5 Å². The van der Waals surface area contributed by atoms with Crippen molar-refractivity contribution in [3.05, 3.63) is 59.4 Å². The maximum Gasteiger partial charge on any atom is 0.222 e. The zero-order chi connectivity index (χ0) is 19.4. The van der Waals surface area contributed by atoms with E-state index in [9.17, 15) is 9.65 Å². The number of nitriles is 1. The lowest BCUT2D eigenvalue weighted by Crippen LogP contribution is -2.06. The van der Waals surface area contributed by atoms with Crippen molar-refractivity contribution >= 4 is 11.8 Å². The Morgan fingerprint density at radius 3 is 2.63 bits per heavy atom. The second-order valence-corrected chi connectivity index (χ2v) is 5.56. The topological polar surface area (TPSA) is 120 Å². The van der Waals surface area contributed by atoms with E-state index in [0.29, 0.717) is 22.6 Å². The third-order valence-corrected chi connectivity index (χ3v) is 3.79. The van der Waals surface area contributed by atoms with Crippen LogP contribution in [0, 0.1) is 17.1 Å². The lowest BCUT2D eigenvalue weighted by Gasteiger charge is -2.16. The van der Waals surface area contributed by atoms with Gasteiger partial charge in [-0.2, -0.15) is 10.2 Å². The van der Waals surface area contributed by atoms with E-state index in [4.69, 9.17) is 20.9 Å². The fourth-order valence-corrected chi connectivity index (χ4v) is 2.60. The Hall–Kier alpha value is -3.86. The molecule has 0 amide bonds. The Morgan fingerprint density at radius 1 is 1.15 bits per heavy atom. The first kappa shape index (κ1) is 17.9. The molecule has 8 heteroatoms. The van der Waals surface area contributed by atoms with Crippen LogP contribution < -0.4 is 20.9 Å². The van der Waals surface area contributed by atoms with Crippen LogP contribution in [0.2, 0.25) is 0 Å². The van der Waals surface area contributed by atoms with Gasteiger partial charge >= 0.3 is 0 Å². The molecule has 136 valence electrons. The largest absolute Gasteiger partial charge is 0.493 e. The summed E-state index contributed by atoms with van der Waals surface area (Å²) in [5, 5.41) is 9.44. The number of aromatic nitrogens is 2. The summed E-state index contributed by atoms with van der Waals surface area (Å²) in [5.74, 6) is 0.292. The van der Waals surface area contributed by atoms with Crippen LogP contribution >= 0.6 is 0 Å². The molecule has 1 aromatic heterocycles. The first-order chi connectivity index (χ1) is 13.0. The summed E-state index contributed by atoms with van der Waals surface area (Å²) in [6.45, 7) is 0.0864. The van der Waals surface area contributed by atoms with Crippen LogP contribution in [-0.4, -0.2) is 17.1 Å². The standard InChI is InChI=1S/C19H16FN5O2/c1-26-15-7-3-6-13(16-14(9-21)18(22)25-19(23)24-16)17(15)27-10-11-4-2-5-12(20)8-11/h2-8H,10H2,1H3,(H4,22,23,24,25). The average molecular weight is 365 g/mol. The average Bonchev–Trinajstić information content (AvgIpc) is 2.65. The molecule has 3 rings (SSSR count). The number of nitrogens with zero attached hydrogens (tertiary/aromatic N) is 3. The summed E-state index contributed by atoms with van der Waals surface area (Å²) >= 11 is 0. The van der Waals surface area contributed by atoms with Gasteiger partial charge < -0.3 is 20.9 Å². The number of anilines is 2. The van der Waals surface area contributed by atoms with Gasteiger partial charge in [0, 0.05) is 5.56 Å². The normalized spacial score (nSPS) is 10.3. The van der Waals surface area contributed by atoms with Gasteiger partial charge in [-0.1, -0.05) is 18.2 Å². The van der Waals surface area contributed by atoms with E-state index in [0.717, 1.165) is 0 Å². The Bertz CT molecular complexity index is 1030. The van der Waals surface area contributed by atoms with Crippen molar-refractivity contribution in [2.45, 2.75) is 6.61 Å². The molecule has 3 aromatic rings. The predicted octanol–water partition coefficient (Wildman–Crippen LogP) is 2.91. The second-order valence-electron chi connectivity index (χ2n) is 5.56. The van der Waals surface area contributed by atoms with Crippen molar-refractivity contribution in [3.63, 3.8) is 0 Å². The summed E-state index contributed by atoms with van der Waals surface area (Å²) in [6.07, 6.45) is 0. The number of benzene rings is 2. The first-order valence-corrected chi connectivity index (χ1v) is 7.91. The molecule has 0 atom stereocenters. The van der Waals surface area contributed by atoms with Crippen LogP contribution in [-0.2, 0) is 6.61 Å². The lowest BCUT2D eigenvalue weighted by molar-refractivity contribution is 0.285. The zero-order valence-electron chi connectivity index (χ0n) is 14.4. The minimum atomic E-state index is -0.362. The molecule has 1 heterocycles. The van der Waals surface area contributed by atoms with E-state index in [1.165, 1.54) is 19.2 Å². The molecule has 4 N–H and O–H groups in total. The number of para-hydroxylation sites is 1. The van der Waals surface area contributed by atoms with Crippen molar-refractivity contribution in [2.75, 3.05) is 18.6 Å². The van der Waals surface area contributed by atoms with E-state index >= 15 is 0 Å². The minimum absolute atomic E-state index is 0.0288. The van der Waals surface area contributed by atoms with Crippen molar-refractivity contribution in [2.24, 2.45) is 0 Å².